The van der Waals surface area contributed by atoms with Crippen LogP contribution in [0.15, 0.2) is 0 Å². The van der Waals surface area contributed by atoms with Crippen LogP contribution in [-0.2, 0) is 4.79 Å². The van der Waals surface area contributed by atoms with Crippen LogP contribution >= 0.6 is 0 Å². The Morgan fingerprint density at radius 2 is 2.27 bits per heavy atom. The molecule has 0 aliphatic heterocycles. The lowest BCUT2D eigenvalue weighted by Gasteiger charge is -2.24. The molecule has 0 aromatic heterocycles. The minimum absolute atomic E-state index is 0.205. The number of carbonyl (C=O) groups excluding carboxylic acids is 1. The van der Waals surface area contributed by atoms with E-state index in [2.05, 4.69) is 13.8 Å². The van der Waals surface area contributed by atoms with Gasteiger partial charge in [0.1, 0.15) is 5.78 Å². The molecular weight excluding hydrogens is 138 g/mol. The monoisotopic (exact) mass is 155 g/mol. The molecular formula is C9H17NO. The molecule has 64 valence electrons. The van der Waals surface area contributed by atoms with Gasteiger partial charge in [-0.25, -0.2) is 0 Å². The second-order valence-corrected chi connectivity index (χ2v) is 4.10. The molecule has 2 heteroatoms. The fraction of sp³-hybridized carbons (Fsp3) is 0.889. The van der Waals surface area contributed by atoms with Gasteiger partial charge in [0.15, 0.2) is 0 Å². The highest BCUT2D eigenvalue weighted by molar-refractivity contribution is 5.83. The molecule has 0 heterocycles. The van der Waals surface area contributed by atoms with Crippen LogP contribution in [0.1, 0.15) is 33.1 Å². The van der Waals surface area contributed by atoms with Gasteiger partial charge in [-0.2, -0.15) is 0 Å². The van der Waals surface area contributed by atoms with E-state index in [0.717, 1.165) is 6.42 Å². The van der Waals surface area contributed by atoms with Crippen LogP contribution in [0, 0.1) is 11.3 Å². The summed E-state index contributed by atoms with van der Waals surface area (Å²) in [5.74, 6) is 0.472. The van der Waals surface area contributed by atoms with Gasteiger partial charge in [-0.05, 0) is 18.3 Å². The number of hydrogen-bond acceptors (Lipinski definition) is 2. The minimum Gasteiger partial charge on any atom is -0.324 e. The normalized spacial score (nSPS) is 28.8. The van der Waals surface area contributed by atoms with Crippen LogP contribution in [-0.4, -0.2) is 12.3 Å². The number of nitrogens with two attached hydrogens (primary N) is 1. The molecule has 1 atom stereocenters. The second-order valence-electron chi connectivity index (χ2n) is 4.10. The fourth-order valence-corrected chi connectivity index (χ4v) is 2.07. The highest BCUT2D eigenvalue weighted by atomic mass is 16.1. The van der Waals surface area contributed by atoms with Crippen molar-refractivity contribution in [2.75, 3.05) is 6.54 Å². The molecule has 0 aromatic rings. The van der Waals surface area contributed by atoms with Gasteiger partial charge >= 0.3 is 0 Å². The Kier molecular flexibility index (Phi) is 2.33. The molecule has 1 fully saturated rings. The molecule has 1 rings (SSSR count). The maximum atomic E-state index is 11.3. The number of hydrogen-bond donors (Lipinski definition) is 1. The molecule has 0 amide bonds. The van der Waals surface area contributed by atoms with E-state index in [4.69, 9.17) is 5.73 Å². The third-order valence-electron chi connectivity index (χ3n) is 2.85. The quantitative estimate of drug-likeness (QED) is 0.654. The van der Waals surface area contributed by atoms with Crippen LogP contribution in [0.25, 0.3) is 0 Å². The first-order chi connectivity index (χ1) is 5.08. The van der Waals surface area contributed by atoms with Crippen LogP contribution in [0.5, 0.6) is 0 Å². The van der Waals surface area contributed by atoms with Crippen LogP contribution in [0.2, 0.25) is 0 Å². The Hall–Kier alpha value is -0.370. The first kappa shape index (κ1) is 8.72. The summed E-state index contributed by atoms with van der Waals surface area (Å²) >= 11 is 0. The summed E-state index contributed by atoms with van der Waals surface area (Å²) in [5.41, 5.74) is 5.53. The highest BCUT2D eigenvalue weighted by Gasteiger charge is 2.38. The molecule has 0 radical (unpaired) electrons. The highest BCUT2D eigenvalue weighted by Crippen LogP contribution is 2.42. The number of Topliss-reactive ketones (excluding diaryl/α,β-unsaturated/α-hetero) is 1. The van der Waals surface area contributed by atoms with Gasteiger partial charge < -0.3 is 5.73 Å². The Labute approximate surface area is 68.2 Å². The molecule has 2 nitrogen and oxygen atoms in total. The lowest BCUT2D eigenvalue weighted by molar-refractivity contribution is -0.123. The van der Waals surface area contributed by atoms with E-state index in [-0.39, 0.29) is 23.7 Å². The molecule has 1 aliphatic carbocycles. The summed E-state index contributed by atoms with van der Waals surface area (Å²) in [4.78, 5) is 11.3. The van der Waals surface area contributed by atoms with Crippen LogP contribution in [0.3, 0.4) is 0 Å². The largest absolute Gasteiger partial charge is 0.324 e. The van der Waals surface area contributed by atoms with Crippen molar-refractivity contribution in [3.8, 4) is 0 Å². The lowest BCUT2D eigenvalue weighted by atomic mass is 9.79. The van der Waals surface area contributed by atoms with E-state index in [0.29, 0.717) is 0 Å². The van der Waals surface area contributed by atoms with Gasteiger partial charge in [0.05, 0.1) is 6.54 Å². The Balaban J connectivity index is 2.64. The topological polar surface area (TPSA) is 43.1 Å². The molecule has 1 unspecified atom stereocenters. The van der Waals surface area contributed by atoms with Crippen molar-refractivity contribution in [3.63, 3.8) is 0 Å². The summed E-state index contributed by atoms with van der Waals surface area (Å²) in [6.45, 7) is 4.55. The zero-order valence-electron chi connectivity index (χ0n) is 7.39. The van der Waals surface area contributed by atoms with Crippen molar-refractivity contribution in [1.82, 2.24) is 0 Å². The standard InChI is InChI=1S/C9H17NO/c1-9(2)5-3-4-7(9)8(11)6-10/h7H,3-6,10H2,1-2H3. The maximum absolute atomic E-state index is 11.3. The third-order valence-corrected chi connectivity index (χ3v) is 2.85. The summed E-state index contributed by atoms with van der Waals surface area (Å²) in [6.07, 6.45) is 3.40. The van der Waals surface area contributed by atoms with Gasteiger partial charge in [0.2, 0.25) is 0 Å². The second kappa shape index (κ2) is 2.94. The van der Waals surface area contributed by atoms with Crippen molar-refractivity contribution in [2.24, 2.45) is 17.1 Å². The molecule has 1 aliphatic rings. The van der Waals surface area contributed by atoms with Gasteiger partial charge in [0, 0.05) is 5.92 Å². The first-order valence-electron chi connectivity index (χ1n) is 4.31. The fourth-order valence-electron chi connectivity index (χ4n) is 2.07. The number of carbonyl (C=O) groups is 1. The van der Waals surface area contributed by atoms with Crippen molar-refractivity contribution < 1.29 is 4.79 Å². The Morgan fingerprint density at radius 1 is 1.64 bits per heavy atom. The molecule has 1 saturated carbocycles. The molecule has 0 spiro atoms. The Bertz CT molecular complexity index is 163. The van der Waals surface area contributed by atoms with Gasteiger partial charge in [-0.15, -0.1) is 0 Å². The molecule has 0 saturated heterocycles. The molecule has 11 heavy (non-hydrogen) atoms. The van der Waals surface area contributed by atoms with Gasteiger partial charge in [-0.1, -0.05) is 20.3 Å². The summed E-state index contributed by atoms with van der Waals surface area (Å²) in [6, 6.07) is 0. The maximum Gasteiger partial charge on any atom is 0.149 e. The summed E-state index contributed by atoms with van der Waals surface area (Å²) in [5, 5.41) is 0. The van der Waals surface area contributed by atoms with E-state index in [9.17, 15) is 4.79 Å². The predicted molar refractivity (Wildman–Crippen MR) is 45.2 cm³/mol. The van der Waals surface area contributed by atoms with E-state index in [1.54, 1.807) is 0 Å². The number of ketones is 1. The summed E-state index contributed by atoms with van der Waals surface area (Å²) in [7, 11) is 0. The van der Waals surface area contributed by atoms with E-state index < -0.39 is 0 Å². The van der Waals surface area contributed by atoms with Crippen LogP contribution in [0.4, 0.5) is 0 Å². The molecule has 0 bridgehead atoms. The summed E-state index contributed by atoms with van der Waals surface area (Å²) < 4.78 is 0. The minimum atomic E-state index is 0.205. The van der Waals surface area contributed by atoms with E-state index in [1.165, 1.54) is 12.8 Å². The third kappa shape index (κ3) is 1.62. The number of rotatable bonds is 2. The average molecular weight is 155 g/mol. The van der Waals surface area contributed by atoms with Crippen molar-refractivity contribution in [3.05, 3.63) is 0 Å². The van der Waals surface area contributed by atoms with Gasteiger partial charge in [0.25, 0.3) is 0 Å². The van der Waals surface area contributed by atoms with Gasteiger partial charge in [-0.3, -0.25) is 4.79 Å². The van der Waals surface area contributed by atoms with E-state index in [1.807, 2.05) is 0 Å². The SMILES string of the molecule is CC1(C)CCCC1C(=O)CN. The molecule has 2 N–H and O–H groups in total. The lowest BCUT2D eigenvalue weighted by Crippen LogP contribution is -2.30. The van der Waals surface area contributed by atoms with Crippen molar-refractivity contribution >= 4 is 5.78 Å². The molecule has 0 aromatic carbocycles. The van der Waals surface area contributed by atoms with E-state index >= 15 is 0 Å². The Morgan fingerprint density at radius 3 is 2.64 bits per heavy atom. The zero-order valence-corrected chi connectivity index (χ0v) is 7.39. The van der Waals surface area contributed by atoms with Crippen molar-refractivity contribution in [2.45, 2.75) is 33.1 Å². The average Bonchev–Trinajstić information content (AvgIpc) is 2.28. The predicted octanol–water partition coefficient (Wildman–Crippen LogP) is 1.34. The smallest absolute Gasteiger partial charge is 0.149 e. The first-order valence-corrected chi connectivity index (χ1v) is 4.31. The van der Waals surface area contributed by atoms with Crippen LogP contribution < -0.4 is 5.73 Å². The zero-order chi connectivity index (χ0) is 8.48. The van der Waals surface area contributed by atoms with Crippen molar-refractivity contribution in [1.29, 1.82) is 0 Å².